The van der Waals surface area contributed by atoms with Crippen molar-refractivity contribution in [2.24, 2.45) is 0 Å². The van der Waals surface area contributed by atoms with Crippen LogP contribution in [-0.2, 0) is 19.5 Å². The van der Waals surface area contributed by atoms with Crippen molar-refractivity contribution < 1.29 is 4.52 Å². The van der Waals surface area contributed by atoms with E-state index in [9.17, 15) is 0 Å². The Kier molecular flexibility index (Phi) is 2.76. The summed E-state index contributed by atoms with van der Waals surface area (Å²) in [4.78, 5) is 6.56. The minimum Gasteiger partial charge on any atom is -0.398 e. The van der Waals surface area contributed by atoms with E-state index in [1.54, 1.807) is 0 Å². The zero-order valence-electron chi connectivity index (χ0n) is 10.4. The molecule has 0 atom stereocenters. The van der Waals surface area contributed by atoms with E-state index in [-0.39, 0.29) is 0 Å². The van der Waals surface area contributed by atoms with Crippen LogP contribution in [0.15, 0.2) is 22.7 Å². The molecule has 0 bridgehead atoms. The molecule has 18 heavy (non-hydrogen) atoms. The Bertz CT molecular complexity index is 564. The van der Waals surface area contributed by atoms with Gasteiger partial charge in [-0.1, -0.05) is 17.3 Å². The fourth-order valence-electron chi connectivity index (χ4n) is 2.37. The summed E-state index contributed by atoms with van der Waals surface area (Å²) in [5, 5.41) is 3.79. The van der Waals surface area contributed by atoms with E-state index in [1.165, 1.54) is 11.1 Å². The van der Waals surface area contributed by atoms with E-state index in [1.807, 2.05) is 19.1 Å². The first-order chi connectivity index (χ1) is 8.72. The molecular weight excluding hydrogens is 228 g/mol. The second-order valence-corrected chi connectivity index (χ2v) is 4.68. The monoisotopic (exact) mass is 244 g/mol. The highest BCUT2D eigenvalue weighted by atomic mass is 16.5. The fourth-order valence-corrected chi connectivity index (χ4v) is 2.37. The van der Waals surface area contributed by atoms with Gasteiger partial charge in [0.15, 0.2) is 5.82 Å². The molecule has 5 nitrogen and oxygen atoms in total. The smallest absolute Gasteiger partial charge is 0.227 e. The van der Waals surface area contributed by atoms with E-state index < -0.39 is 0 Å². The second kappa shape index (κ2) is 4.42. The Morgan fingerprint density at radius 3 is 3.00 bits per heavy atom. The predicted octanol–water partition coefficient (Wildman–Crippen LogP) is 1.52. The van der Waals surface area contributed by atoms with Gasteiger partial charge in [-0.05, 0) is 24.1 Å². The molecule has 5 heteroatoms. The molecule has 2 aromatic rings. The summed E-state index contributed by atoms with van der Waals surface area (Å²) in [6.45, 7) is 4.61. The molecule has 0 saturated heterocycles. The highest BCUT2D eigenvalue weighted by Crippen LogP contribution is 2.27. The molecule has 3 rings (SSSR count). The maximum Gasteiger partial charge on any atom is 0.227 e. The van der Waals surface area contributed by atoms with Crippen molar-refractivity contribution in [3.8, 4) is 0 Å². The Labute approximate surface area is 106 Å². The van der Waals surface area contributed by atoms with Crippen LogP contribution in [0.25, 0.3) is 0 Å². The number of hydrogen-bond acceptors (Lipinski definition) is 5. The molecule has 94 valence electrons. The first kappa shape index (κ1) is 11.2. The van der Waals surface area contributed by atoms with Gasteiger partial charge in [0.2, 0.25) is 5.89 Å². The van der Waals surface area contributed by atoms with Crippen molar-refractivity contribution in [2.45, 2.75) is 26.4 Å². The molecule has 1 aliphatic heterocycles. The van der Waals surface area contributed by atoms with Crippen LogP contribution in [0, 0.1) is 6.92 Å². The minimum absolute atomic E-state index is 0.693. The van der Waals surface area contributed by atoms with E-state index in [0.717, 1.165) is 31.7 Å². The summed E-state index contributed by atoms with van der Waals surface area (Å²) in [5.74, 6) is 1.40. The lowest BCUT2D eigenvalue weighted by Crippen LogP contribution is -2.19. The molecule has 1 aliphatic rings. The van der Waals surface area contributed by atoms with E-state index >= 15 is 0 Å². The van der Waals surface area contributed by atoms with Crippen LogP contribution in [0.2, 0.25) is 0 Å². The molecule has 1 aromatic carbocycles. The summed E-state index contributed by atoms with van der Waals surface area (Å²) in [6, 6.07) is 6.12. The maximum absolute atomic E-state index is 5.98. The molecule has 0 spiro atoms. The number of nitrogen functional groups attached to an aromatic ring is 1. The second-order valence-electron chi connectivity index (χ2n) is 4.68. The van der Waals surface area contributed by atoms with Gasteiger partial charge in [0.05, 0.1) is 0 Å². The van der Waals surface area contributed by atoms with Crippen LogP contribution in [-0.4, -0.2) is 21.6 Å². The van der Waals surface area contributed by atoms with E-state index in [0.29, 0.717) is 11.7 Å². The number of rotatable bonds is 3. The number of nitrogens with two attached hydrogens (primary N) is 1. The van der Waals surface area contributed by atoms with Crippen LogP contribution in [0.5, 0.6) is 0 Å². The van der Waals surface area contributed by atoms with Crippen molar-refractivity contribution in [1.82, 2.24) is 15.0 Å². The summed E-state index contributed by atoms with van der Waals surface area (Å²) in [7, 11) is 0. The molecular formula is C13H16N4O. The zero-order chi connectivity index (χ0) is 12.5. The molecule has 0 amide bonds. The number of nitrogens with zero attached hydrogens (tertiary/aromatic N) is 3. The quantitative estimate of drug-likeness (QED) is 0.829. The predicted molar refractivity (Wildman–Crippen MR) is 67.7 cm³/mol. The van der Waals surface area contributed by atoms with Gasteiger partial charge in [0.1, 0.15) is 0 Å². The highest BCUT2D eigenvalue weighted by Gasteiger charge is 2.20. The molecule has 0 radical (unpaired) electrons. The van der Waals surface area contributed by atoms with Gasteiger partial charge in [-0.25, -0.2) is 0 Å². The lowest BCUT2D eigenvalue weighted by atomic mass is 10.1. The van der Waals surface area contributed by atoms with Crippen LogP contribution < -0.4 is 5.73 Å². The van der Waals surface area contributed by atoms with Gasteiger partial charge in [-0.2, -0.15) is 4.98 Å². The average molecular weight is 244 g/mol. The summed E-state index contributed by atoms with van der Waals surface area (Å²) < 4.78 is 5.11. The van der Waals surface area contributed by atoms with Crippen molar-refractivity contribution in [2.75, 3.05) is 12.3 Å². The van der Waals surface area contributed by atoms with Gasteiger partial charge in [0, 0.05) is 31.7 Å². The zero-order valence-corrected chi connectivity index (χ0v) is 10.4. The number of hydrogen-bond donors (Lipinski definition) is 1. The molecule has 0 fully saturated rings. The summed E-state index contributed by atoms with van der Waals surface area (Å²) in [5.41, 5.74) is 9.46. The third-order valence-corrected chi connectivity index (χ3v) is 3.30. The van der Waals surface area contributed by atoms with Crippen LogP contribution in [0.3, 0.4) is 0 Å². The van der Waals surface area contributed by atoms with Crippen LogP contribution in [0.4, 0.5) is 5.69 Å². The third kappa shape index (κ3) is 2.09. The number of benzene rings is 1. The standard InChI is InChI=1S/C13H16N4O/c1-9-15-13(18-16-9)5-6-17-7-10-3-2-4-12(14)11(10)8-17/h2-4H,5-8,14H2,1H3. The number of aromatic nitrogens is 2. The number of aryl methyl sites for hydroxylation is 1. The fraction of sp³-hybridized carbons (Fsp3) is 0.385. The van der Waals surface area contributed by atoms with E-state index in [4.69, 9.17) is 10.3 Å². The molecule has 0 aliphatic carbocycles. The van der Waals surface area contributed by atoms with Crippen molar-refractivity contribution in [1.29, 1.82) is 0 Å². The Morgan fingerprint density at radius 2 is 2.28 bits per heavy atom. The largest absolute Gasteiger partial charge is 0.398 e. The minimum atomic E-state index is 0.693. The number of anilines is 1. The topological polar surface area (TPSA) is 68.2 Å². The molecule has 0 saturated carbocycles. The highest BCUT2D eigenvalue weighted by molar-refractivity contribution is 5.52. The SMILES string of the molecule is Cc1noc(CCN2Cc3cccc(N)c3C2)n1. The van der Waals surface area contributed by atoms with Crippen molar-refractivity contribution in [3.05, 3.63) is 41.0 Å². The Hall–Kier alpha value is -1.88. The van der Waals surface area contributed by atoms with Crippen LogP contribution >= 0.6 is 0 Å². The summed E-state index contributed by atoms with van der Waals surface area (Å²) in [6.07, 6.45) is 0.786. The van der Waals surface area contributed by atoms with Gasteiger partial charge in [0.25, 0.3) is 0 Å². The molecule has 2 heterocycles. The normalized spacial score (nSPS) is 14.9. The molecule has 0 unspecified atom stereocenters. The first-order valence-electron chi connectivity index (χ1n) is 6.10. The number of fused-ring (bicyclic) bond motifs is 1. The van der Waals surface area contributed by atoms with Crippen molar-refractivity contribution >= 4 is 5.69 Å². The van der Waals surface area contributed by atoms with Gasteiger partial charge >= 0.3 is 0 Å². The third-order valence-electron chi connectivity index (χ3n) is 3.30. The molecule has 2 N–H and O–H groups in total. The van der Waals surface area contributed by atoms with Gasteiger partial charge in [-0.3, -0.25) is 4.90 Å². The van der Waals surface area contributed by atoms with E-state index in [2.05, 4.69) is 21.1 Å². The maximum atomic E-state index is 5.98. The van der Waals surface area contributed by atoms with Crippen molar-refractivity contribution in [3.63, 3.8) is 0 Å². The Balaban J connectivity index is 1.63. The summed E-state index contributed by atoms with van der Waals surface area (Å²) >= 11 is 0. The molecule has 1 aromatic heterocycles. The Morgan fingerprint density at radius 1 is 1.39 bits per heavy atom. The van der Waals surface area contributed by atoms with Gasteiger partial charge < -0.3 is 10.3 Å². The van der Waals surface area contributed by atoms with Gasteiger partial charge in [-0.15, -0.1) is 0 Å². The average Bonchev–Trinajstić information content (AvgIpc) is 2.93. The lowest BCUT2D eigenvalue weighted by Gasteiger charge is -2.12. The first-order valence-corrected chi connectivity index (χ1v) is 6.10. The van der Waals surface area contributed by atoms with Crippen LogP contribution in [0.1, 0.15) is 22.8 Å². The lowest BCUT2D eigenvalue weighted by molar-refractivity contribution is 0.270.